The lowest BCUT2D eigenvalue weighted by Gasteiger charge is -2.24. The lowest BCUT2D eigenvalue weighted by molar-refractivity contribution is -0.136. The fraction of sp³-hybridized carbons (Fsp3) is 0.750. The van der Waals surface area contributed by atoms with E-state index in [2.05, 4.69) is 10.4 Å². The predicted octanol–water partition coefficient (Wildman–Crippen LogP) is -0.457. The van der Waals surface area contributed by atoms with Crippen LogP contribution in [0.4, 0.5) is 0 Å². The molecular weight excluding hydrogens is 326 g/mol. The lowest BCUT2D eigenvalue weighted by atomic mass is 10.1. The highest BCUT2D eigenvalue weighted by Gasteiger charge is 2.29. The van der Waals surface area contributed by atoms with Gasteiger partial charge in [-0.3, -0.25) is 14.2 Å². The van der Waals surface area contributed by atoms with Crippen LogP contribution in [0.15, 0.2) is 4.79 Å². The van der Waals surface area contributed by atoms with Gasteiger partial charge in [0, 0.05) is 40.8 Å². The molecule has 1 aliphatic rings. The fourth-order valence-electron chi connectivity index (χ4n) is 2.96. The molecule has 1 aromatic rings. The number of hydrogen-bond acceptors (Lipinski definition) is 5. The average molecular weight is 353 g/mol. The molecule has 0 aromatic carbocycles. The molecule has 1 aliphatic heterocycles. The number of nitrogens with one attached hydrogen (secondary N) is 1. The largest absolute Gasteiger partial charge is 0.385 e. The van der Waals surface area contributed by atoms with Crippen molar-refractivity contribution in [3.63, 3.8) is 0 Å². The first kappa shape index (κ1) is 19.2. The van der Waals surface area contributed by atoms with Crippen molar-refractivity contribution >= 4 is 11.8 Å². The summed E-state index contributed by atoms with van der Waals surface area (Å²) in [4.78, 5) is 38.3. The second-order valence-electron chi connectivity index (χ2n) is 6.35. The number of ether oxygens (including phenoxy) is 1. The molecule has 140 valence electrons. The van der Waals surface area contributed by atoms with Crippen LogP contribution in [0, 0.1) is 0 Å². The van der Waals surface area contributed by atoms with Crippen LogP contribution >= 0.6 is 0 Å². The maximum absolute atomic E-state index is 12.8. The van der Waals surface area contributed by atoms with Gasteiger partial charge in [0.15, 0.2) is 5.82 Å². The van der Waals surface area contributed by atoms with Gasteiger partial charge >= 0.3 is 5.69 Å². The first-order chi connectivity index (χ1) is 11.9. The van der Waals surface area contributed by atoms with E-state index in [0.717, 1.165) is 12.8 Å². The third-order valence-electron chi connectivity index (χ3n) is 4.42. The Bertz CT molecular complexity index is 666. The molecule has 1 N–H and O–H groups in total. The third-order valence-corrected chi connectivity index (χ3v) is 4.42. The monoisotopic (exact) mass is 353 g/mol. The van der Waals surface area contributed by atoms with Crippen LogP contribution in [0.5, 0.6) is 0 Å². The fourth-order valence-corrected chi connectivity index (χ4v) is 2.96. The summed E-state index contributed by atoms with van der Waals surface area (Å²) in [5.74, 6) is 0.283. The highest BCUT2D eigenvalue weighted by Crippen LogP contribution is 2.14. The number of hydrogen-bond donors (Lipinski definition) is 1. The zero-order valence-corrected chi connectivity index (χ0v) is 15.2. The van der Waals surface area contributed by atoms with Gasteiger partial charge in [0.2, 0.25) is 11.8 Å². The smallest absolute Gasteiger partial charge is 0.345 e. The first-order valence-corrected chi connectivity index (χ1v) is 8.60. The Balaban J connectivity index is 2.01. The zero-order valence-electron chi connectivity index (χ0n) is 15.2. The van der Waals surface area contributed by atoms with E-state index >= 15 is 0 Å². The molecule has 0 spiro atoms. The molecule has 2 heterocycles. The van der Waals surface area contributed by atoms with E-state index in [0.29, 0.717) is 38.2 Å². The molecule has 0 bridgehead atoms. The minimum Gasteiger partial charge on any atom is -0.385 e. The SMILES string of the molecule is COCCCC(=O)NC1CCCCN(Cc2nn(C)c(=O)n2C)C1=O. The molecule has 2 rings (SSSR count). The Morgan fingerprint density at radius 1 is 1.32 bits per heavy atom. The maximum atomic E-state index is 12.8. The van der Waals surface area contributed by atoms with Crippen LogP contribution in [-0.2, 0) is 35.0 Å². The van der Waals surface area contributed by atoms with Gasteiger partial charge in [-0.1, -0.05) is 0 Å². The van der Waals surface area contributed by atoms with Gasteiger partial charge in [0.25, 0.3) is 0 Å². The number of amides is 2. The molecule has 1 aromatic heterocycles. The number of aryl methyl sites for hydroxylation is 1. The molecule has 1 unspecified atom stereocenters. The van der Waals surface area contributed by atoms with Crippen LogP contribution in [0.3, 0.4) is 0 Å². The van der Waals surface area contributed by atoms with Crippen molar-refractivity contribution in [2.75, 3.05) is 20.3 Å². The van der Waals surface area contributed by atoms with Gasteiger partial charge in [-0.15, -0.1) is 0 Å². The minimum absolute atomic E-state index is 0.115. The van der Waals surface area contributed by atoms with Gasteiger partial charge in [-0.2, -0.15) is 5.10 Å². The summed E-state index contributed by atoms with van der Waals surface area (Å²) in [6, 6.07) is -0.515. The van der Waals surface area contributed by atoms with Crippen molar-refractivity contribution in [2.24, 2.45) is 14.1 Å². The Hall–Kier alpha value is -2.16. The molecule has 1 atom stereocenters. The Labute approximate surface area is 146 Å². The maximum Gasteiger partial charge on any atom is 0.345 e. The lowest BCUT2D eigenvalue weighted by Crippen LogP contribution is -2.47. The quantitative estimate of drug-likeness (QED) is 0.669. The Kier molecular flexibility index (Phi) is 6.74. The zero-order chi connectivity index (χ0) is 18.4. The van der Waals surface area contributed by atoms with Crippen molar-refractivity contribution in [3.8, 4) is 0 Å². The van der Waals surface area contributed by atoms with Gasteiger partial charge in [-0.25, -0.2) is 9.48 Å². The molecule has 25 heavy (non-hydrogen) atoms. The van der Waals surface area contributed by atoms with Gasteiger partial charge in [0.1, 0.15) is 6.04 Å². The van der Waals surface area contributed by atoms with E-state index in [4.69, 9.17) is 4.74 Å². The standard InChI is InChI=1S/C16H27N5O4/c1-19-13(18-20(2)16(19)24)11-21-9-5-4-7-12(15(21)23)17-14(22)8-6-10-25-3/h12H,4-11H2,1-3H3,(H,17,22). The molecule has 9 nitrogen and oxygen atoms in total. The van der Waals surface area contributed by atoms with Crippen LogP contribution in [0.2, 0.25) is 0 Å². The second kappa shape index (κ2) is 8.80. The van der Waals surface area contributed by atoms with E-state index in [1.165, 1.54) is 9.25 Å². The summed E-state index contributed by atoms with van der Waals surface area (Å²) >= 11 is 0. The highest BCUT2D eigenvalue weighted by molar-refractivity contribution is 5.87. The number of methoxy groups -OCH3 is 1. The molecule has 0 saturated carbocycles. The first-order valence-electron chi connectivity index (χ1n) is 8.60. The third kappa shape index (κ3) is 4.91. The van der Waals surface area contributed by atoms with E-state index in [1.54, 1.807) is 26.1 Å². The molecular formula is C16H27N5O4. The highest BCUT2D eigenvalue weighted by atomic mass is 16.5. The number of aromatic nitrogens is 3. The van der Waals surface area contributed by atoms with E-state index in [9.17, 15) is 14.4 Å². The topological polar surface area (TPSA) is 98.5 Å². The summed E-state index contributed by atoms with van der Waals surface area (Å²) < 4.78 is 7.64. The summed E-state index contributed by atoms with van der Waals surface area (Å²) in [5.41, 5.74) is -0.222. The van der Waals surface area contributed by atoms with E-state index in [-0.39, 0.29) is 24.0 Å². The van der Waals surface area contributed by atoms with Crippen molar-refractivity contribution in [1.29, 1.82) is 0 Å². The summed E-state index contributed by atoms with van der Waals surface area (Å²) in [5, 5.41) is 7.01. The molecule has 0 radical (unpaired) electrons. The number of carbonyl (C=O) groups is 2. The van der Waals surface area contributed by atoms with Crippen molar-refractivity contribution in [1.82, 2.24) is 24.6 Å². The Morgan fingerprint density at radius 2 is 2.08 bits per heavy atom. The molecule has 9 heteroatoms. The molecule has 2 amide bonds. The molecule has 1 fully saturated rings. The summed E-state index contributed by atoms with van der Waals surface area (Å²) in [6.07, 6.45) is 3.33. The van der Waals surface area contributed by atoms with Crippen LogP contribution in [0.1, 0.15) is 37.9 Å². The predicted molar refractivity (Wildman–Crippen MR) is 90.8 cm³/mol. The number of likely N-dealkylation sites (tertiary alicyclic amines) is 1. The van der Waals surface area contributed by atoms with Crippen LogP contribution in [-0.4, -0.2) is 57.4 Å². The number of carbonyl (C=O) groups excluding carboxylic acids is 2. The average Bonchev–Trinajstić information content (AvgIpc) is 2.73. The van der Waals surface area contributed by atoms with Crippen LogP contribution < -0.4 is 11.0 Å². The number of rotatable bonds is 7. The van der Waals surface area contributed by atoms with E-state index < -0.39 is 6.04 Å². The van der Waals surface area contributed by atoms with Crippen molar-refractivity contribution < 1.29 is 14.3 Å². The van der Waals surface area contributed by atoms with Gasteiger partial charge in [-0.05, 0) is 25.7 Å². The van der Waals surface area contributed by atoms with Gasteiger partial charge < -0.3 is 15.0 Å². The van der Waals surface area contributed by atoms with Crippen LogP contribution in [0.25, 0.3) is 0 Å². The summed E-state index contributed by atoms with van der Waals surface area (Å²) in [7, 11) is 4.82. The molecule has 1 saturated heterocycles. The number of nitrogens with zero attached hydrogens (tertiary/aromatic N) is 4. The normalized spacial score (nSPS) is 18.3. The second-order valence-corrected chi connectivity index (χ2v) is 6.35. The molecule has 0 aliphatic carbocycles. The summed E-state index contributed by atoms with van der Waals surface area (Å²) in [6.45, 7) is 1.38. The van der Waals surface area contributed by atoms with Gasteiger partial charge in [0.05, 0.1) is 6.54 Å². The van der Waals surface area contributed by atoms with Crippen molar-refractivity contribution in [3.05, 3.63) is 16.3 Å². The van der Waals surface area contributed by atoms with E-state index in [1.807, 2.05) is 0 Å². The van der Waals surface area contributed by atoms with Crippen molar-refractivity contribution in [2.45, 2.75) is 44.7 Å². The minimum atomic E-state index is -0.515. The Morgan fingerprint density at radius 3 is 2.72 bits per heavy atom.